The smallest absolute Gasteiger partial charge is 0.253 e. The Morgan fingerprint density at radius 3 is 2.05 bits per heavy atom. The van der Waals surface area contributed by atoms with Crippen molar-refractivity contribution in [2.24, 2.45) is 5.92 Å². The van der Waals surface area contributed by atoms with Gasteiger partial charge in [-0.05, 0) is 52.1 Å². The zero-order chi connectivity index (χ0) is 30.9. The Bertz CT molecular complexity index is 996. The molecule has 234 valence electrons. The van der Waals surface area contributed by atoms with Crippen LogP contribution in [0.15, 0.2) is 12.2 Å². The van der Waals surface area contributed by atoms with Crippen molar-refractivity contribution in [1.82, 2.24) is 31.1 Å². The van der Waals surface area contributed by atoms with E-state index in [4.69, 9.17) is 0 Å². The first-order chi connectivity index (χ1) is 20.2. The summed E-state index contributed by atoms with van der Waals surface area (Å²) in [6.07, 6.45) is 8.34. The number of imide groups is 2. The van der Waals surface area contributed by atoms with Gasteiger partial charge in [-0.25, -0.2) is 0 Å². The number of amides is 7. The molecule has 0 saturated carbocycles. The molecule has 0 radical (unpaired) electrons. The molecule has 42 heavy (non-hydrogen) atoms. The van der Waals surface area contributed by atoms with E-state index in [0.29, 0.717) is 38.8 Å². The summed E-state index contributed by atoms with van der Waals surface area (Å²) in [5.41, 5.74) is 0. The van der Waals surface area contributed by atoms with Gasteiger partial charge in [0.25, 0.3) is 11.8 Å². The number of nitrogens with zero attached hydrogens (tertiary/aromatic N) is 2. The van der Waals surface area contributed by atoms with Crippen LogP contribution < -0.4 is 21.3 Å². The van der Waals surface area contributed by atoms with Crippen molar-refractivity contribution >= 4 is 41.4 Å². The molecule has 2 aliphatic rings. The normalized spacial score (nSPS) is 17.2. The number of carbonyl (C=O) groups is 7. The Hall–Kier alpha value is -3.61. The molecule has 0 aromatic heterocycles. The number of likely N-dealkylation sites (tertiary alicyclic amines) is 1. The van der Waals surface area contributed by atoms with Crippen molar-refractivity contribution < 1.29 is 33.6 Å². The summed E-state index contributed by atoms with van der Waals surface area (Å²) in [7, 11) is 1.91. The molecule has 1 unspecified atom stereocenters. The van der Waals surface area contributed by atoms with E-state index in [1.165, 1.54) is 12.2 Å². The quantitative estimate of drug-likeness (QED) is 0.108. The summed E-state index contributed by atoms with van der Waals surface area (Å²) < 4.78 is 0. The van der Waals surface area contributed by atoms with Gasteiger partial charge in [-0.2, -0.15) is 0 Å². The second-order valence-electron chi connectivity index (χ2n) is 10.6. The van der Waals surface area contributed by atoms with Gasteiger partial charge in [-0.1, -0.05) is 19.8 Å². The van der Waals surface area contributed by atoms with Crippen LogP contribution in [0.2, 0.25) is 0 Å². The summed E-state index contributed by atoms with van der Waals surface area (Å²) in [6.45, 7) is 3.62. The lowest BCUT2D eigenvalue weighted by atomic mass is 10.1. The van der Waals surface area contributed by atoms with Gasteiger partial charge in [0.05, 0.1) is 0 Å². The molecule has 13 nitrogen and oxygen atoms in total. The third-order valence-corrected chi connectivity index (χ3v) is 7.40. The van der Waals surface area contributed by atoms with E-state index in [1.807, 2.05) is 14.0 Å². The van der Waals surface area contributed by atoms with Gasteiger partial charge in [0.1, 0.15) is 6.04 Å². The van der Waals surface area contributed by atoms with Crippen molar-refractivity contribution in [3.63, 3.8) is 0 Å². The Morgan fingerprint density at radius 2 is 1.40 bits per heavy atom. The van der Waals surface area contributed by atoms with E-state index < -0.39 is 23.8 Å². The van der Waals surface area contributed by atoms with Gasteiger partial charge in [0.15, 0.2) is 0 Å². The standard InChI is InChI=1S/C29H46N6O7/c1-3-21-20-27(40)35(29(21)42)19-14-24(37)33-22(28(41)32-17-8-5-4-7-15-30-2)10-6-9-16-31-23(36)13-18-34-25(38)11-12-26(34)39/h11-12,21-22,30H,3-10,13-20H2,1-2H3,(H,31,36)(H,32,41)(H,33,37)/t21?,22-/m0/s1. The second-order valence-corrected chi connectivity index (χ2v) is 10.6. The van der Waals surface area contributed by atoms with Gasteiger partial charge in [-0.3, -0.25) is 43.4 Å². The van der Waals surface area contributed by atoms with Crippen molar-refractivity contribution in [2.45, 2.75) is 83.6 Å². The van der Waals surface area contributed by atoms with Crippen LogP contribution in [0.4, 0.5) is 0 Å². The first kappa shape index (κ1) is 34.6. The van der Waals surface area contributed by atoms with Crippen molar-refractivity contribution in [1.29, 1.82) is 0 Å². The topological polar surface area (TPSA) is 174 Å². The number of hydrogen-bond acceptors (Lipinski definition) is 8. The molecule has 0 aromatic rings. The minimum Gasteiger partial charge on any atom is -0.356 e. The SMILES string of the molecule is CCC1CC(=O)N(CCC(=O)N[C@@H](CCCCNC(=O)CCN2C(=O)C=CC2=O)C(=O)NCCCCCCNC)C1=O. The maximum absolute atomic E-state index is 12.9. The zero-order valence-corrected chi connectivity index (χ0v) is 24.9. The maximum atomic E-state index is 12.9. The van der Waals surface area contributed by atoms with E-state index in [2.05, 4.69) is 21.3 Å². The number of carbonyl (C=O) groups excluding carboxylic acids is 7. The first-order valence-corrected chi connectivity index (χ1v) is 15.0. The first-order valence-electron chi connectivity index (χ1n) is 15.0. The fraction of sp³-hybridized carbons (Fsp3) is 0.690. The third-order valence-electron chi connectivity index (χ3n) is 7.40. The molecular formula is C29H46N6O7. The average Bonchev–Trinajstić information content (AvgIpc) is 3.44. The highest BCUT2D eigenvalue weighted by Gasteiger charge is 2.37. The maximum Gasteiger partial charge on any atom is 0.253 e. The highest BCUT2D eigenvalue weighted by Crippen LogP contribution is 2.22. The molecule has 2 heterocycles. The predicted octanol–water partition coefficient (Wildman–Crippen LogP) is 0.144. The molecule has 0 bridgehead atoms. The van der Waals surface area contributed by atoms with Crippen LogP contribution in [0, 0.1) is 5.92 Å². The summed E-state index contributed by atoms with van der Waals surface area (Å²) in [6, 6.07) is -0.787. The van der Waals surface area contributed by atoms with Gasteiger partial charge in [-0.15, -0.1) is 0 Å². The molecule has 0 spiro atoms. The van der Waals surface area contributed by atoms with Gasteiger partial charge in [0, 0.05) is 63.5 Å². The number of rotatable bonds is 21. The zero-order valence-electron chi connectivity index (χ0n) is 24.9. The van der Waals surface area contributed by atoms with Crippen molar-refractivity contribution in [3.05, 3.63) is 12.2 Å². The molecule has 4 N–H and O–H groups in total. The van der Waals surface area contributed by atoms with Gasteiger partial charge >= 0.3 is 0 Å². The van der Waals surface area contributed by atoms with Crippen LogP contribution in [-0.4, -0.2) is 97.0 Å². The van der Waals surface area contributed by atoms with Crippen molar-refractivity contribution in [3.8, 4) is 0 Å². The molecule has 13 heteroatoms. The Kier molecular flexibility index (Phi) is 15.4. The molecule has 0 aromatic carbocycles. The average molecular weight is 591 g/mol. The molecular weight excluding hydrogens is 544 g/mol. The molecule has 0 aliphatic carbocycles. The molecule has 2 atom stereocenters. The fourth-order valence-electron chi connectivity index (χ4n) is 4.82. The summed E-state index contributed by atoms with van der Waals surface area (Å²) in [5.74, 6) is -2.74. The monoisotopic (exact) mass is 590 g/mol. The minimum atomic E-state index is -0.787. The van der Waals surface area contributed by atoms with E-state index in [9.17, 15) is 33.6 Å². The largest absolute Gasteiger partial charge is 0.356 e. The lowest BCUT2D eigenvalue weighted by Crippen LogP contribution is -2.47. The van der Waals surface area contributed by atoms with Crippen LogP contribution in [0.25, 0.3) is 0 Å². The number of nitrogens with one attached hydrogen (secondary N) is 4. The van der Waals surface area contributed by atoms with E-state index in [-0.39, 0.29) is 61.9 Å². The molecule has 7 amide bonds. The van der Waals surface area contributed by atoms with Crippen LogP contribution in [0.3, 0.4) is 0 Å². The summed E-state index contributed by atoms with van der Waals surface area (Å²) >= 11 is 0. The molecule has 2 rings (SSSR count). The van der Waals surface area contributed by atoms with Gasteiger partial charge in [0.2, 0.25) is 29.5 Å². The van der Waals surface area contributed by atoms with Crippen LogP contribution in [0.1, 0.15) is 77.6 Å². The molecule has 2 aliphatic heterocycles. The molecule has 1 saturated heterocycles. The second kappa shape index (κ2) is 18.7. The van der Waals surface area contributed by atoms with E-state index in [0.717, 1.165) is 42.0 Å². The van der Waals surface area contributed by atoms with Crippen LogP contribution >= 0.6 is 0 Å². The van der Waals surface area contributed by atoms with E-state index >= 15 is 0 Å². The highest BCUT2D eigenvalue weighted by molar-refractivity contribution is 6.13. The fourth-order valence-corrected chi connectivity index (χ4v) is 4.82. The highest BCUT2D eigenvalue weighted by atomic mass is 16.2. The number of hydrogen-bond donors (Lipinski definition) is 4. The van der Waals surface area contributed by atoms with Crippen LogP contribution in [0.5, 0.6) is 0 Å². The summed E-state index contributed by atoms with van der Waals surface area (Å²) in [4.78, 5) is 87.5. The Labute approximate surface area is 247 Å². The minimum absolute atomic E-state index is 0.00374. The Morgan fingerprint density at radius 1 is 0.810 bits per heavy atom. The molecule has 1 fully saturated rings. The van der Waals surface area contributed by atoms with Crippen molar-refractivity contribution in [2.75, 3.05) is 39.8 Å². The Balaban J connectivity index is 1.77. The number of unbranched alkanes of at least 4 members (excludes halogenated alkanes) is 4. The summed E-state index contributed by atoms with van der Waals surface area (Å²) in [5, 5.41) is 11.5. The lowest BCUT2D eigenvalue weighted by Gasteiger charge is -2.20. The van der Waals surface area contributed by atoms with E-state index in [1.54, 1.807) is 0 Å². The van der Waals surface area contributed by atoms with Gasteiger partial charge < -0.3 is 21.3 Å². The van der Waals surface area contributed by atoms with Crippen LogP contribution in [-0.2, 0) is 33.6 Å². The third kappa shape index (κ3) is 11.7. The lowest BCUT2D eigenvalue weighted by molar-refractivity contribution is -0.141. The predicted molar refractivity (Wildman–Crippen MR) is 154 cm³/mol.